The zero-order valence-corrected chi connectivity index (χ0v) is 13.3. The highest BCUT2D eigenvalue weighted by Crippen LogP contribution is 2.27. The van der Waals surface area contributed by atoms with Crippen molar-refractivity contribution >= 4 is 21.6 Å². The van der Waals surface area contributed by atoms with Gasteiger partial charge in [0.05, 0.1) is 6.10 Å². The van der Waals surface area contributed by atoms with Crippen LogP contribution in [0.3, 0.4) is 0 Å². The number of rotatable bonds is 5. The molecule has 20 heavy (non-hydrogen) atoms. The zero-order valence-electron chi connectivity index (χ0n) is 11.8. The van der Waals surface area contributed by atoms with Gasteiger partial charge in [0.1, 0.15) is 0 Å². The summed E-state index contributed by atoms with van der Waals surface area (Å²) in [5, 5.41) is 9.63. The van der Waals surface area contributed by atoms with Gasteiger partial charge >= 0.3 is 0 Å². The minimum Gasteiger partial charge on any atom is -0.389 e. The molecule has 0 spiro atoms. The molecule has 4 heteroatoms. The van der Waals surface area contributed by atoms with E-state index in [0.29, 0.717) is 0 Å². The average molecular weight is 335 g/mol. The fourth-order valence-electron chi connectivity index (χ4n) is 2.05. The number of hydrogen-bond donors (Lipinski definition) is 1. The van der Waals surface area contributed by atoms with Gasteiger partial charge in [0.15, 0.2) is 0 Å². The molecule has 0 amide bonds. The first kappa shape index (κ1) is 15.0. The van der Waals surface area contributed by atoms with Gasteiger partial charge < -0.3 is 10.0 Å². The summed E-state index contributed by atoms with van der Waals surface area (Å²) in [6, 6.07) is 12.0. The van der Waals surface area contributed by atoms with E-state index in [1.165, 1.54) is 0 Å². The van der Waals surface area contributed by atoms with Gasteiger partial charge in [-0.25, -0.2) is 0 Å². The molecule has 0 aliphatic carbocycles. The number of halogens is 1. The quantitative estimate of drug-likeness (QED) is 0.907. The number of benzene rings is 1. The average Bonchev–Trinajstić information content (AvgIpc) is 2.45. The first-order chi connectivity index (χ1) is 9.58. The van der Waals surface area contributed by atoms with Gasteiger partial charge in [-0.2, -0.15) is 0 Å². The molecule has 1 aromatic heterocycles. The molecule has 0 aliphatic heterocycles. The van der Waals surface area contributed by atoms with Gasteiger partial charge in [0, 0.05) is 42.1 Å². The molecule has 1 N–H and O–H groups in total. The molecule has 1 heterocycles. The molecule has 2 aromatic rings. The Balaban J connectivity index is 2.02. The van der Waals surface area contributed by atoms with Crippen LogP contribution in [0.5, 0.6) is 0 Å². The summed E-state index contributed by atoms with van der Waals surface area (Å²) >= 11 is 3.51. The molecular weight excluding hydrogens is 316 g/mol. The van der Waals surface area contributed by atoms with Crippen LogP contribution in [-0.2, 0) is 6.42 Å². The number of aliphatic hydroxyl groups is 1. The van der Waals surface area contributed by atoms with Gasteiger partial charge in [-0.3, -0.25) is 4.98 Å². The van der Waals surface area contributed by atoms with Gasteiger partial charge in [-0.1, -0.05) is 28.1 Å². The zero-order chi connectivity index (χ0) is 14.5. The van der Waals surface area contributed by atoms with Gasteiger partial charge in [0.2, 0.25) is 0 Å². The van der Waals surface area contributed by atoms with Crippen LogP contribution in [0.25, 0.3) is 0 Å². The van der Waals surface area contributed by atoms with Crippen molar-refractivity contribution in [2.45, 2.75) is 19.4 Å². The normalized spacial score (nSPS) is 12.2. The number of nitrogens with zero attached hydrogens (tertiary/aromatic N) is 2. The minimum absolute atomic E-state index is 0.461. The van der Waals surface area contributed by atoms with Crippen LogP contribution < -0.4 is 4.90 Å². The van der Waals surface area contributed by atoms with E-state index < -0.39 is 6.10 Å². The molecule has 0 saturated carbocycles. The minimum atomic E-state index is -0.461. The summed E-state index contributed by atoms with van der Waals surface area (Å²) in [5.74, 6) is 0. The number of likely N-dealkylation sites (N-methyl/N-ethyl adjacent to an activating group) is 1. The molecule has 3 nitrogen and oxygen atoms in total. The molecule has 0 fully saturated rings. The van der Waals surface area contributed by atoms with Crippen molar-refractivity contribution in [3.63, 3.8) is 0 Å². The third kappa shape index (κ3) is 3.81. The van der Waals surface area contributed by atoms with Crippen molar-refractivity contribution < 1.29 is 5.11 Å². The maximum atomic E-state index is 9.63. The smallest absolute Gasteiger partial charge is 0.0772 e. The Labute approximate surface area is 128 Å². The Morgan fingerprint density at radius 3 is 2.70 bits per heavy atom. The van der Waals surface area contributed by atoms with Gasteiger partial charge in [-0.15, -0.1) is 0 Å². The van der Waals surface area contributed by atoms with E-state index >= 15 is 0 Å². The molecule has 0 radical (unpaired) electrons. The van der Waals surface area contributed by atoms with E-state index in [1.807, 2.05) is 42.6 Å². The predicted octanol–water partition coefficient (Wildman–Crippen LogP) is 3.58. The molecule has 1 atom stereocenters. The van der Waals surface area contributed by atoms with E-state index in [0.717, 1.165) is 34.4 Å². The molecule has 0 saturated heterocycles. The first-order valence-corrected chi connectivity index (χ1v) is 7.46. The van der Waals surface area contributed by atoms with Crippen LogP contribution >= 0.6 is 15.9 Å². The largest absolute Gasteiger partial charge is 0.389 e. The highest BCUT2D eigenvalue weighted by atomic mass is 79.9. The van der Waals surface area contributed by atoms with Crippen molar-refractivity contribution in [1.82, 2.24) is 4.98 Å². The molecule has 1 aromatic carbocycles. The maximum Gasteiger partial charge on any atom is 0.0772 e. The number of anilines is 1. The SMILES string of the molecule is C[C@H](O)c1ccc(N(C)CCc2ccccn2)cc1Br. The lowest BCUT2D eigenvalue weighted by Gasteiger charge is -2.20. The fraction of sp³-hybridized carbons (Fsp3) is 0.312. The van der Waals surface area contributed by atoms with Crippen LogP contribution in [0.4, 0.5) is 5.69 Å². The lowest BCUT2D eigenvalue weighted by atomic mass is 10.1. The van der Waals surface area contributed by atoms with Crippen LogP contribution in [-0.4, -0.2) is 23.7 Å². The van der Waals surface area contributed by atoms with Crippen LogP contribution in [0.15, 0.2) is 47.1 Å². The highest BCUT2D eigenvalue weighted by molar-refractivity contribution is 9.10. The Kier molecular flexibility index (Phi) is 5.15. The Bertz CT molecular complexity index is 558. The summed E-state index contributed by atoms with van der Waals surface area (Å²) in [7, 11) is 2.06. The van der Waals surface area contributed by atoms with E-state index in [-0.39, 0.29) is 0 Å². The first-order valence-electron chi connectivity index (χ1n) is 6.66. The van der Waals surface area contributed by atoms with E-state index in [2.05, 4.69) is 32.9 Å². The van der Waals surface area contributed by atoms with Crippen molar-refractivity contribution in [1.29, 1.82) is 0 Å². The second-order valence-corrected chi connectivity index (χ2v) is 5.73. The summed E-state index contributed by atoms with van der Waals surface area (Å²) in [4.78, 5) is 6.52. The summed E-state index contributed by atoms with van der Waals surface area (Å²) < 4.78 is 0.940. The fourth-order valence-corrected chi connectivity index (χ4v) is 2.75. The third-order valence-electron chi connectivity index (χ3n) is 3.30. The van der Waals surface area contributed by atoms with Crippen LogP contribution in [0.1, 0.15) is 24.3 Å². The van der Waals surface area contributed by atoms with Gasteiger partial charge in [-0.05, 0) is 36.8 Å². The third-order valence-corrected chi connectivity index (χ3v) is 3.99. The standard InChI is InChI=1S/C16H19BrN2O/c1-12(20)15-7-6-14(11-16(15)17)19(2)10-8-13-5-3-4-9-18-13/h3-7,9,11-12,20H,8,10H2,1-2H3/t12-/m0/s1. The van der Waals surface area contributed by atoms with Gasteiger partial charge in [0.25, 0.3) is 0 Å². The predicted molar refractivity (Wildman–Crippen MR) is 86.0 cm³/mol. The number of hydrogen-bond acceptors (Lipinski definition) is 3. The maximum absolute atomic E-state index is 9.63. The summed E-state index contributed by atoms with van der Waals surface area (Å²) in [5.41, 5.74) is 3.13. The second-order valence-electron chi connectivity index (χ2n) is 4.87. The van der Waals surface area contributed by atoms with Crippen molar-refractivity contribution in [2.75, 3.05) is 18.5 Å². The number of aromatic nitrogens is 1. The molecule has 2 rings (SSSR count). The lowest BCUT2D eigenvalue weighted by Crippen LogP contribution is -2.20. The molecule has 106 valence electrons. The monoisotopic (exact) mass is 334 g/mol. The number of pyridine rings is 1. The van der Waals surface area contributed by atoms with Crippen LogP contribution in [0.2, 0.25) is 0 Å². The Morgan fingerprint density at radius 1 is 1.30 bits per heavy atom. The van der Waals surface area contributed by atoms with Crippen molar-refractivity contribution in [3.05, 3.63) is 58.3 Å². The van der Waals surface area contributed by atoms with E-state index in [1.54, 1.807) is 6.92 Å². The Hall–Kier alpha value is -1.39. The number of aliphatic hydroxyl groups excluding tert-OH is 1. The van der Waals surface area contributed by atoms with E-state index in [4.69, 9.17) is 0 Å². The van der Waals surface area contributed by atoms with Crippen molar-refractivity contribution in [2.24, 2.45) is 0 Å². The topological polar surface area (TPSA) is 36.4 Å². The molecular formula is C16H19BrN2O. The summed E-state index contributed by atoms with van der Waals surface area (Å²) in [6.45, 7) is 2.67. The molecule has 0 bridgehead atoms. The Morgan fingerprint density at radius 2 is 2.10 bits per heavy atom. The lowest BCUT2D eigenvalue weighted by molar-refractivity contribution is 0.198. The highest BCUT2D eigenvalue weighted by Gasteiger charge is 2.09. The molecule has 0 aliphatic rings. The molecule has 0 unspecified atom stereocenters. The summed E-state index contributed by atoms with van der Waals surface area (Å²) in [6.07, 6.45) is 2.27. The van der Waals surface area contributed by atoms with Crippen molar-refractivity contribution in [3.8, 4) is 0 Å². The van der Waals surface area contributed by atoms with Crippen LogP contribution in [0, 0.1) is 0 Å². The second kappa shape index (κ2) is 6.86. The van der Waals surface area contributed by atoms with E-state index in [9.17, 15) is 5.11 Å².